The largest absolute Gasteiger partial charge is 0.491 e. The number of nitrogens with zero attached hydrogens (tertiary/aromatic N) is 4. The normalized spacial score (nSPS) is 12.1. The maximum absolute atomic E-state index is 14.6. The number of nitrogens with one attached hydrogen (secondary N) is 2. The average Bonchev–Trinajstić information content (AvgIpc) is 3.66. The van der Waals surface area contributed by atoms with Crippen molar-refractivity contribution < 1.29 is 24.1 Å². The van der Waals surface area contributed by atoms with Gasteiger partial charge in [0.25, 0.3) is 0 Å². The number of aliphatic hydroxyl groups excluding tert-OH is 1. The van der Waals surface area contributed by atoms with Crippen molar-refractivity contribution >= 4 is 60.8 Å². The minimum atomic E-state index is -1.18. The lowest BCUT2D eigenvalue weighted by Crippen LogP contribution is -2.31. The predicted molar refractivity (Wildman–Crippen MR) is 188 cm³/mol. The van der Waals surface area contributed by atoms with E-state index in [0.717, 1.165) is 35.2 Å². The van der Waals surface area contributed by atoms with Crippen LogP contribution in [0.2, 0.25) is 0 Å². The molecule has 0 atom stereocenters. The van der Waals surface area contributed by atoms with Gasteiger partial charge in [-0.3, -0.25) is 5.41 Å². The number of amidine groups is 2. The molecule has 0 fully saturated rings. The van der Waals surface area contributed by atoms with Gasteiger partial charge in [-0.15, -0.1) is 11.3 Å². The Morgan fingerprint density at radius 3 is 2.68 bits per heavy atom. The van der Waals surface area contributed by atoms with E-state index in [4.69, 9.17) is 15.9 Å². The summed E-state index contributed by atoms with van der Waals surface area (Å²) in [7, 11) is 1.88. The molecule has 0 aliphatic rings. The van der Waals surface area contributed by atoms with Gasteiger partial charge < -0.3 is 30.9 Å². The maximum Gasteiger partial charge on any atom is 0.355 e. The number of aliphatic hydroxyl groups is 1. The molecule has 0 saturated heterocycles. The van der Waals surface area contributed by atoms with Crippen LogP contribution in [0, 0.1) is 11.2 Å². The number of ether oxygens (including phenoxy) is 1. The number of carboxylic acid groups (broad SMARTS) is 1. The minimum absolute atomic E-state index is 0.0129. The first kappa shape index (κ1) is 35.6. The summed E-state index contributed by atoms with van der Waals surface area (Å²) < 4.78 is 21.2. The van der Waals surface area contributed by atoms with Crippen LogP contribution >= 0.6 is 22.7 Å². The van der Waals surface area contributed by atoms with Crippen LogP contribution in [0.4, 0.5) is 14.7 Å². The highest BCUT2D eigenvalue weighted by Gasteiger charge is 2.23. The van der Waals surface area contributed by atoms with Crippen molar-refractivity contribution in [3.05, 3.63) is 76.1 Å². The fourth-order valence-electron chi connectivity index (χ4n) is 4.65. The number of halogens is 1. The first-order valence-corrected chi connectivity index (χ1v) is 17.0. The number of anilines is 1. The molecule has 47 heavy (non-hydrogen) atoms. The maximum atomic E-state index is 14.6. The third-order valence-corrected chi connectivity index (χ3v) is 9.22. The topological polar surface area (TPSA) is 170 Å². The van der Waals surface area contributed by atoms with E-state index >= 15 is 0 Å². The minimum Gasteiger partial charge on any atom is -0.491 e. The van der Waals surface area contributed by atoms with Crippen LogP contribution in [0.5, 0.6) is 5.75 Å². The van der Waals surface area contributed by atoms with Crippen LogP contribution in [0.25, 0.3) is 10.2 Å². The molecule has 250 valence electrons. The van der Waals surface area contributed by atoms with Gasteiger partial charge in [0.15, 0.2) is 22.4 Å². The Kier molecular flexibility index (Phi) is 13.3. The third-order valence-electron chi connectivity index (χ3n) is 7.15. The summed E-state index contributed by atoms with van der Waals surface area (Å²) in [6.45, 7) is 3.10. The SMILES string of the molecule is CNCCCc1ccc(OCCCc2sc(N(CCCCO)C(=N)/C=C(/C)C(N)=Nc3nc4ccccc4s3)nc2C(=O)O)c(F)c1. The van der Waals surface area contributed by atoms with E-state index < -0.39 is 11.8 Å². The van der Waals surface area contributed by atoms with Gasteiger partial charge in [0.1, 0.15) is 11.7 Å². The Morgan fingerprint density at radius 1 is 1.15 bits per heavy atom. The summed E-state index contributed by atoms with van der Waals surface area (Å²) >= 11 is 2.59. The fourth-order valence-corrected chi connectivity index (χ4v) is 6.63. The van der Waals surface area contributed by atoms with Crippen LogP contribution < -0.4 is 20.7 Å². The lowest BCUT2D eigenvalue weighted by atomic mass is 10.1. The standard InChI is InChI=1S/C33H40FN7O4S2/c1-21(30(36)40-32-38-24-10-3-4-11-26(24)46-32)19-28(35)41(16-5-6-17-42)33-39-29(31(43)44)27(47-33)12-8-18-45-25-14-13-22(20-23(25)34)9-7-15-37-2/h3-4,10-11,13-14,19-20,35,37,42H,5-9,12,15-18H2,1-2H3,(H,43,44)(H2,36,38,40)/b21-19-,35-28?. The van der Waals surface area contributed by atoms with Gasteiger partial charge in [-0.2, -0.15) is 0 Å². The molecule has 0 amide bonds. The van der Waals surface area contributed by atoms with Gasteiger partial charge in [0.2, 0.25) is 5.13 Å². The number of thiazole rings is 2. The molecule has 4 rings (SSSR count). The highest BCUT2D eigenvalue weighted by Crippen LogP contribution is 2.30. The molecule has 0 spiro atoms. The summed E-state index contributed by atoms with van der Waals surface area (Å²) in [5, 5.41) is 32.0. The number of aromatic nitrogens is 2. The molecule has 4 aromatic rings. The van der Waals surface area contributed by atoms with Crippen molar-refractivity contribution in [3.63, 3.8) is 0 Å². The molecule has 0 aliphatic carbocycles. The van der Waals surface area contributed by atoms with E-state index in [-0.39, 0.29) is 36.3 Å². The Hall–Kier alpha value is -4.24. The zero-order valence-electron chi connectivity index (χ0n) is 26.5. The van der Waals surface area contributed by atoms with Gasteiger partial charge in [0, 0.05) is 18.0 Å². The number of carbonyl (C=O) groups is 1. The molecule has 0 radical (unpaired) electrons. The lowest BCUT2D eigenvalue weighted by molar-refractivity contribution is 0.0690. The van der Waals surface area contributed by atoms with Crippen LogP contribution in [-0.2, 0) is 12.8 Å². The zero-order valence-corrected chi connectivity index (χ0v) is 28.1. The lowest BCUT2D eigenvalue weighted by Gasteiger charge is -2.21. The summed E-state index contributed by atoms with van der Waals surface area (Å²) in [6, 6.07) is 12.6. The monoisotopic (exact) mass is 681 g/mol. The number of aryl methyl sites for hydroxylation is 2. The van der Waals surface area contributed by atoms with Crippen molar-refractivity contribution in [2.75, 3.05) is 38.3 Å². The molecule has 0 aliphatic heterocycles. The van der Waals surface area contributed by atoms with Gasteiger partial charge in [-0.25, -0.2) is 24.1 Å². The van der Waals surface area contributed by atoms with E-state index in [0.29, 0.717) is 52.9 Å². The van der Waals surface area contributed by atoms with Crippen molar-refractivity contribution in [1.82, 2.24) is 15.3 Å². The molecule has 6 N–H and O–H groups in total. The molecular formula is C33H40FN7O4S2. The van der Waals surface area contributed by atoms with Crippen molar-refractivity contribution in [1.29, 1.82) is 5.41 Å². The molecular weight excluding hydrogens is 642 g/mol. The number of rotatable bonds is 18. The Morgan fingerprint density at radius 2 is 1.96 bits per heavy atom. The van der Waals surface area contributed by atoms with E-state index in [1.54, 1.807) is 24.0 Å². The second kappa shape index (κ2) is 17.6. The van der Waals surface area contributed by atoms with Crippen LogP contribution in [-0.4, -0.2) is 71.2 Å². The molecule has 0 unspecified atom stereocenters. The smallest absolute Gasteiger partial charge is 0.355 e. The molecule has 11 nitrogen and oxygen atoms in total. The van der Waals surface area contributed by atoms with Crippen molar-refractivity contribution in [2.24, 2.45) is 10.7 Å². The second-order valence-electron chi connectivity index (χ2n) is 10.8. The third kappa shape index (κ3) is 10.1. The van der Waals surface area contributed by atoms with E-state index in [1.807, 2.05) is 37.4 Å². The molecule has 14 heteroatoms. The summed E-state index contributed by atoms with van der Waals surface area (Å²) in [4.78, 5) is 27.6. The molecule has 2 aromatic heterocycles. The number of carboxylic acids is 1. The number of para-hydroxylation sites is 1. The van der Waals surface area contributed by atoms with Crippen molar-refractivity contribution in [3.8, 4) is 5.75 Å². The fraction of sp³-hybridized carbons (Fsp3) is 0.364. The first-order chi connectivity index (χ1) is 22.7. The van der Waals surface area contributed by atoms with E-state index in [2.05, 4.69) is 20.3 Å². The highest BCUT2D eigenvalue weighted by molar-refractivity contribution is 7.22. The average molecular weight is 682 g/mol. The first-order valence-electron chi connectivity index (χ1n) is 15.3. The summed E-state index contributed by atoms with van der Waals surface area (Å²) in [6.07, 6.45) is 5.05. The Balaban J connectivity index is 1.45. The highest BCUT2D eigenvalue weighted by atomic mass is 32.1. The van der Waals surface area contributed by atoms with Gasteiger partial charge >= 0.3 is 5.97 Å². The summed E-state index contributed by atoms with van der Waals surface area (Å²) in [5.74, 6) is -1.20. The number of hydrogen-bond acceptors (Lipinski definition) is 10. The Bertz CT molecular complexity index is 1700. The number of benzene rings is 2. The number of fused-ring (bicyclic) bond motifs is 1. The molecule has 2 heterocycles. The molecule has 0 bridgehead atoms. The summed E-state index contributed by atoms with van der Waals surface area (Å²) in [5.41, 5.74) is 8.43. The quantitative estimate of drug-likeness (QED) is 0.0484. The van der Waals surface area contributed by atoms with Crippen LogP contribution in [0.3, 0.4) is 0 Å². The Labute approximate surface area is 281 Å². The number of hydrogen-bond donors (Lipinski definition) is 5. The van der Waals surface area contributed by atoms with Crippen LogP contribution in [0.15, 0.2) is 59.1 Å². The van der Waals surface area contributed by atoms with E-state index in [1.165, 1.54) is 28.7 Å². The van der Waals surface area contributed by atoms with E-state index in [9.17, 15) is 19.4 Å². The predicted octanol–water partition coefficient (Wildman–Crippen LogP) is 5.95. The second-order valence-corrected chi connectivity index (χ2v) is 12.8. The van der Waals surface area contributed by atoms with Crippen molar-refractivity contribution in [2.45, 2.75) is 45.4 Å². The van der Waals surface area contributed by atoms with Gasteiger partial charge in [-0.05, 0) is 101 Å². The van der Waals surface area contributed by atoms with Gasteiger partial charge in [0.05, 0.1) is 16.8 Å². The zero-order chi connectivity index (χ0) is 33.8. The van der Waals surface area contributed by atoms with Crippen LogP contribution in [0.1, 0.15) is 53.5 Å². The van der Waals surface area contributed by atoms with Gasteiger partial charge in [-0.1, -0.05) is 29.5 Å². The molecule has 0 saturated carbocycles. The number of nitrogens with two attached hydrogens (primary N) is 1. The number of aliphatic imine (C=N–C) groups is 1. The molecule has 2 aromatic carbocycles. The number of aromatic carboxylic acids is 1. The number of unbranched alkanes of at least 4 members (excludes halogenated alkanes) is 1.